The molecule has 5 nitrogen and oxygen atoms in total. The van der Waals surface area contributed by atoms with Crippen molar-refractivity contribution in [2.24, 2.45) is 0 Å². The standard InChI is InChI=1S/C14H15F2N3O2/c1-3-19-13(12(17)8(2)18-19)14(20)21-7-9-5-4-6-10(15)11(9)16/h4-6H,3,7,17H2,1-2H3. The number of esters is 1. The summed E-state index contributed by atoms with van der Waals surface area (Å²) < 4.78 is 32.9. The number of nitrogens with two attached hydrogens (primary N) is 1. The molecule has 0 saturated carbocycles. The van der Waals surface area contributed by atoms with Crippen molar-refractivity contribution in [2.45, 2.75) is 27.0 Å². The average Bonchev–Trinajstić information content (AvgIpc) is 2.75. The number of hydrogen-bond donors (Lipinski definition) is 1. The number of aromatic nitrogens is 2. The van der Waals surface area contributed by atoms with Gasteiger partial charge in [0.05, 0.1) is 11.4 Å². The largest absolute Gasteiger partial charge is 0.456 e. The molecule has 0 radical (unpaired) electrons. The normalized spacial score (nSPS) is 10.7. The van der Waals surface area contributed by atoms with Crippen LogP contribution < -0.4 is 5.73 Å². The second-order valence-electron chi connectivity index (χ2n) is 4.45. The Balaban J connectivity index is 2.18. The zero-order chi connectivity index (χ0) is 15.6. The molecule has 2 rings (SSSR count). The number of ether oxygens (including phenoxy) is 1. The summed E-state index contributed by atoms with van der Waals surface area (Å²) in [5, 5.41) is 4.09. The van der Waals surface area contributed by atoms with Crippen LogP contribution in [0.3, 0.4) is 0 Å². The fourth-order valence-corrected chi connectivity index (χ4v) is 1.91. The number of benzene rings is 1. The highest BCUT2D eigenvalue weighted by Crippen LogP contribution is 2.19. The van der Waals surface area contributed by atoms with Gasteiger partial charge < -0.3 is 10.5 Å². The Morgan fingerprint density at radius 1 is 1.43 bits per heavy atom. The Morgan fingerprint density at radius 2 is 2.14 bits per heavy atom. The number of carbonyl (C=O) groups is 1. The lowest BCUT2D eigenvalue weighted by molar-refractivity contribution is 0.0455. The van der Waals surface area contributed by atoms with Gasteiger partial charge in [0.1, 0.15) is 6.61 Å². The van der Waals surface area contributed by atoms with Gasteiger partial charge in [0, 0.05) is 12.1 Å². The molecule has 0 saturated heterocycles. The van der Waals surface area contributed by atoms with Crippen molar-refractivity contribution in [3.05, 3.63) is 46.8 Å². The summed E-state index contributed by atoms with van der Waals surface area (Å²) in [7, 11) is 0. The highest BCUT2D eigenvalue weighted by molar-refractivity contribution is 5.93. The quantitative estimate of drug-likeness (QED) is 0.879. The van der Waals surface area contributed by atoms with E-state index in [1.807, 2.05) is 0 Å². The van der Waals surface area contributed by atoms with Crippen molar-refractivity contribution in [3.63, 3.8) is 0 Å². The maximum atomic E-state index is 13.5. The van der Waals surface area contributed by atoms with E-state index in [0.29, 0.717) is 12.2 Å². The van der Waals surface area contributed by atoms with E-state index in [1.165, 1.54) is 16.8 Å². The van der Waals surface area contributed by atoms with Crippen molar-refractivity contribution < 1.29 is 18.3 Å². The average molecular weight is 295 g/mol. The summed E-state index contributed by atoms with van der Waals surface area (Å²) in [6.07, 6.45) is 0. The summed E-state index contributed by atoms with van der Waals surface area (Å²) in [5.41, 5.74) is 6.60. The molecule has 0 fully saturated rings. The van der Waals surface area contributed by atoms with Gasteiger partial charge in [-0.2, -0.15) is 5.10 Å². The van der Waals surface area contributed by atoms with Crippen molar-refractivity contribution in [1.29, 1.82) is 0 Å². The number of carbonyl (C=O) groups excluding carboxylic acids is 1. The van der Waals surface area contributed by atoms with Gasteiger partial charge in [0.15, 0.2) is 17.3 Å². The molecule has 7 heteroatoms. The molecule has 0 atom stereocenters. The molecule has 2 aromatic rings. The van der Waals surface area contributed by atoms with E-state index in [4.69, 9.17) is 10.5 Å². The molecule has 0 aliphatic carbocycles. The monoisotopic (exact) mass is 295 g/mol. The maximum Gasteiger partial charge on any atom is 0.359 e. The molecule has 112 valence electrons. The SMILES string of the molecule is CCn1nc(C)c(N)c1C(=O)OCc1cccc(F)c1F. The molecule has 0 amide bonds. The molecule has 2 N–H and O–H groups in total. The van der Waals surface area contributed by atoms with Crippen LogP contribution in [0.2, 0.25) is 0 Å². The fraction of sp³-hybridized carbons (Fsp3) is 0.286. The summed E-state index contributed by atoms with van der Waals surface area (Å²) >= 11 is 0. The summed E-state index contributed by atoms with van der Waals surface area (Å²) in [6.45, 7) is 3.53. The predicted molar refractivity (Wildman–Crippen MR) is 72.5 cm³/mol. The van der Waals surface area contributed by atoms with Gasteiger partial charge in [-0.05, 0) is 19.9 Å². The van der Waals surface area contributed by atoms with Gasteiger partial charge >= 0.3 is 5.97 Å². The Hall–Kier alpha value is -2.44. The van der Waals surface area contributed by atoms with Crippen LogP contribution in [0.5, 0.6) is 0 Å². The van der Waals surface area contributed by atoms with Crippen molar-refractivity contribution in [2.75, 3.05) is 5.73 Å². The Morgan fingerprint density at radius 3 is 2.81 bits per heavy atom. The third-order valence-corrected chi connectivity index (χ3v) is 3.06. The van der Waals surface area contributed by atoms with Crippen LogP contribution >= 0.6 is 0 Å². The van der Waals surface area contributed by atoms with Crippen LogP contribution in [0.25, 0.3) is 0 Å². The summed E-state index contributed by atoms with van der Waals surface area (Å²) in [6, 6.07) is 3.68. The molecule has 21 heavy (non-hydrogen) atoms. The van der Waals surface area contributed by atoms with Crippen molar-refractivity contribution in [1.82, 2.24) is 9.78 Å². The van der Waals surface area contributed by atoms with Crippen LogP contribution in [0.4, 0.5) is 14.5 Å². The van der Waals surface area contributed by atoms with Crippen LogP contribution in [0.1, 0.15) is 28.7 Å². The Bertz CT molecular complexity index is 683. The number of hydrogen-bond acceptors (Lipinski definition) is 4. The topological polar surface area (TPSA) is 70.1 Å². The molecule has 0 aliphatic heterocycles. The lowest BCUT2D eigenvalue weighted by Gasteiger charge is -2.08. The van der Waals surface area contributed by atoms with E-state index in [-0.39, 0.29) is 23.6 Å². The molecule has 1 aromatic carbocycles. The third-order valence-electron chi connectivity index (χ3n) is 3.06. The Labute approximate surface area is 120 Å². The minimum atomic E-state index is -1.03. The van der Waals surface area contributed by atoms with E-state index in [9.17, 15) is 13.6 Å². The number of anilines is 1. The second kappa shape index (κ2) is 5.90. The summed E-state index contributed by atoms with van der Waals surface area (Å²) in [4.78, 5) is 12.0. The zero-order valence-electron chi connectivity index (χ0n) is 11.7. The van der Waals surface area contributed by atoms with Gasteiger partial charge in [0.25, 0.3) is 0 Å². The van der Waals surface area contributed by atoms with Crippen LogP contribution in [-0.2, 0) is 17.9 Å². The maximum absolute atomic E-state index is 13.5. The first-order valence-electron chi connectivity index (χ1n) is 6.38. The lowest BCUT2D eigenvalue weighted by Crippen LogP contribution is -2.14. The summed E-state index contributed by atoms with van der Waals surface area (Å²) in [5.74, 6) is -2.74. The first-order valence-corrected chi connectivity index (χ1v) is 6.38. The first-order chi connectivity index (χ1) is 9.95. The van der Waals surface area contributed by atoms with E-state index in [0.717, 1.165) is 6.07 Å². The molecule has 0 bridgehead atoms. The molecule has 1 aromatic heterocycles. The lowest BCUT2D eigenvalue weighted by atomic mass is 10.2. The van der Waals surface area contributed by atoms with Gasteiger partial charge in [-0.25, -0.2) is 13.6 Å². The highest BCUT2D eigenvalue weighted by Gasteiger charge is 2.21. The van der Waals surface area contributed by atoms with Gasteiger partial charge in [0.2, 0.25) is 0 Å². The van der Waals surface area contributed by atoms with Crippen LogP contribution in [0, 0.1) is 18.6 Å². The smallest absolute Gasteiger partial charge is 0.359 e. The fourth-order valence-electron chi connectivity index (χ4n) is 1.91. The van der Waals surface area contributed by atoms with Crippen LogP contribution in [0.15, 0.2) is 18.2 Å². The van der Waals surface area contributed by atoms with Gasteiger partial charge in [-0.1, -0.05) is 12.1 Å². The molecule has 1 heterocycles. The number of halogens is 2. The minimum Gasteiger partial charge on any atom is -0.456 e. The molecule has 0 unspecified atom stereocenters. The van der Waals surface area contributed by atoms with Gasteiger partial charge in [-0.15, -0.1) is 0 Å². The first kappa shape index (κ1) is 15.0. The molecule has 0 spiro atoms. The molecule has 0 aliphatic rings. The van der Waals surface area contributed by atoms with Crippen LogP contribution in [-0.4, -0.2) is 15.7 Å². The number of rotatable bonds is 4. The Kier molecular flexibility index (Phi) is 4.21. The molecular formula is C14H15F2N3O2. The second-order valence-corrected chi connectivity index (χ2v) is 4.45. The van der Waals surface area contributed by atoms with Gasteiger partial charge in [-0.3, -0.25) is 4.68 Å². The van der Waals surface area contributed by atoms with E-state index in [1.54, 1.807) is 13.8 Å². The van der Waals surface area contributed by atoms with E-state index < -0.39 is 17.6 Å². The van der Waals surface area contributed by atoms with E-state index >= 15 is 0 Å². The van der Waals surface area contributed by atoms with E-state index in [2.05, 4.69) is 5.10 Å². The number of aryl methyl sites for hydroxylation is 2. The van der Waals surface area contributed by atoms with Crippen molar-refractivity contribution in [3.8, 4) is 0 Å². The van der Waals surface area contributed by atoms with Crippen molar-refractivity contribution >= 4 is 11.7 Å². The highest BCUT2D eigenvalue weighted by atomic mass is 19.2. The zero-order valence-corrected chi connectivity index (χ0v) is 11.7. The number of nitrogens with zero attached hydrogens (tertiary/aromatic N) is 2. The molecular weight excluding hydrogens is 280 g/mol. The minimum absolute atomic E-state index is 0.0405. The predicted octanol–water partition coefficient (Wildman–Crippen LogP) is 2.43. The number of nitrogen functional groups attached to an aromatic ring is 1. The third kappa shape index (κ3) is 2.86.